The second kappa shape index (κ2) is 2.66. The van der Waals surface area contributed by atoms with E-state index in [2.05, 4.69) is 4.90 Å². The van der Waals surface area contributed by atoms with E-state index in [1.165, 1.54) is 11.8 Å². The third-order valence-corrected chi connectivity index (χ3v) is 9.55. The topological polar surface area (TPSA) is 53.1 Å². The number of likely N-dealkylation sites (tertiary alicyclic amines) is 1. The Morgan fingerprint density at radius 2 is 1.10 bits per heavy atom. The Labute approximate surface area is 119 Å². The van der Waals surface area contributed by atoms with Gasteiger partial charge in [0.15, 0.2) is 5.96 Å². The van der Waals surface area contributed by atoms with Crippen molar-refractivity contribution < 1.29 is 0 Å². The van der Waals surface area contributed by atoms with Crippen LogP contribution in [0.4, 0.5) is 0 Å². The molecule has 20 heavy (non-hydrogen) atoms. The zero-order chi connectivity index (χ0) is 12.9. The van der Waals surface area contributed by atoms with Gasteiger partial charge in [-0.15, -0.1) is 0 Å². The predicted molar refractivity (Wildman–Crippen MR) is 74.6 cm³/mol. The fraction of sp³-hybridized carbons (Fsp3) is 0.941. The van der Waals surface area contributed by atoms with E-state index < -0.39 is 0 Å². The minimum atomic E-state index is 0.341. The molecule has 8 rings (SSSR count). The van der Waals surface area contributed by atoms with Gasteiger partial charge in [-0.3, -0.25) is 5.41 Å². The monoisotopic (exact) mass is 269 g/mol. The van der Waals surface area contributed by atoms with Crippen LogP contribution in [0.25, 0.3) is 0 Å². The number of nitrogens with one attached hydrogen (secondary N) is 1. The molecule has 7 aliphatic carbocycles. The number of guanidine groups is 1. The Hall–Kier alpha value is -0.730. The van der Waals surface area contributed by atoms with Crippen LogP contribution in [-0.2, 0) is 0 Å². The zero-order valence-corrected chi connectivity index (χ0v) is 11.8. The lowest BCUT2D eigenvalue weighted by molar-refractivity contribution is -0.127. The van der Waals surface area contributed by atoms with E-state index in [1.807, 2.05) is 0 Å². The molecule has 0 aromatic carbocycles. The van der Waals surface area contributed by atoms with Crippen molar-refractivity contribution in [3.8, 4) is 0 Å². The predicted octanol–water partition coefficient (Wildman–Crippen LogP) is 1.45. The number of fused-ring (bicyclic) bond motifs is 1. The Balaban J connectivity index is 1.40. The first-order valence-corrected chi connectivity index (χ1v) is 8.86. The summed E-state index contributed by atoms with van der Waals surface area (Å²) in [5.41, 5.74) is 5.81. The van der Waals surface area contributed by atoms with Gasteiger partial charge in [-0.25, -0.2) is 0 Å². The number of rotatable bonds is 0. The van der Waals surface area contributed by atoms with Crippen LogP contribution in [0.2, 0.25) is 0 Å². The van der Waals surface area contributed by atoms with Crippen molar-refractivity contribution in [2.45, 2.75) is 12.8 Å². The molecule has 3 nitrogen and oxygen atoms in total. The van der Waals surface area contributed by atoms with Crippen LogP contribution in [0, 0.1) is 76.4 Å². The molecule has 8 fully saturated rings. The largest absolute Gasteiger partial charge is 0.370 e. The van der Waals surface area contributed by atoms with E-state index in [-0.39, 0.29) is 0 Å². The number of hydrogen-bond acceptors (Lipinski definition) is 1. The average molecular weight is 269 g/mol. The van der Waals surface area contributed by atoms with Crippen LogP contribution in [0.3, 0.4) is 0 Å². The average Bonchev–Trinajstić information content (AvgIpc) is 2.99. The number of nitrogens with zero attached hydrogens (tertiary/aromatic N) is 1. The standard InChI is InChI=1S/C17H23N3/c18-17(19)20-3-7-8(4-20)14-10-6-2-1-5-9(10)13(7)15-11(5)12(6)16(14)15/h5-16H,1-4H2,(H3,18,19)/t5-,6+,7+,8-,9-,10+,11-,12-,13-,14+,15+,16+/m0/s1. The van der Waals surface area contributed by atoms with Crippen LogP contribution < -0.4 is 5.73 Å². The summed E-state index contributed by atoms with van der Waals surface area (Å²) in [6, 6.07) is 0. The van der Waals surface area contributed by atoms with Crippen molar-refractivity contribution in [3.63, 3.8) is 0 Å². The molecule has 0 aromatic rings. The lowest BCUT2D eigenvalue weighted by Crippen LogP contribution is -2.57. The Kier molecular flexibility index (Phi) is 1.34. The van der Waals surface area contributed by atoms with Gasteiger partial charge < -0.3 is 10.6 Å². The van der Waals surface area contributed by atoms with E-state index in [4.69, 9.17) is 11.1 Å². The van der Waals surface area contributed by atoms with E-state index in [1.54, 1.807) is 12.8 Å². The van der Waals surface area contributed by atoms with Crippen LogP contribution in [0.1, 0.15) is 12.8 Å². The summed E-state index contributed by atoms with van der Waals surface area (Å²) in [5.74, 6) is 13.4. The fourth-order valence-corrected chi connectivity index (χ4v) is 9.89. The molecule has 4 bridgehead atoms. The highest BCUT2D eigenvalue weighted by Crippen LogP contribution is 2.88. The summed E-state index contributed by atoms with van der Waals surface area (Å²) in [6.07, 6.45) is 3.15. The van der Waals surface area contributed by atoms with E-state index in [0.29, 0.717) is 5.96 Å². The van der Waals surface area contributed by atoms with E-state index in [9.17, 15) is 0 Å². The maximum absolute atomic E-state index is 7.83. The van der Waals surface area contributed by atoms with Gasteiger partial charge >= 0.3 is 0 Å². The van der Waals surface area contributed by atoms with Crippen LogP contribution in [0.5, 0.6) is 0 Å². The molecule has 0 aromatic heterocycles. The molecule has 1 aliphatic heterocycles. The van der Waals surface area contributed by atoms with Crippen molar-refractivity contribution in [1.82, 2.24) is 4.90 Å². The molecule has 1 saturated heterocycles. The Bertz CT molecular complexity index is 512. The highest BCUT2D eigenvalue weighted by atomic mass is 15.3. The van der Waals surface area contributed by atoms with Crippen LogP contribution in [0.15, 0.2) is 0 Å². The maximum Gasteiger partial charge on any atom is 0.188 e. The van der Waals surface area contributed by atoms with Gasteiger partial charge in [0.1, 0.15) is 0 Å². The molecule has 3 N–H and O–H groups in total. The molecule has 7 saturated carbocycles. The summed E-state index contributed by atoms with van der Waals surface area (Å²) in [5, 5.41) is 7.83. The van der Waals surface area contributed by atoms with Crippen molar-refractivity contribution in [3.05, 3.63) is 0 Å². The molecule has 106 valence electrons. The van der Waals surface area contributed by atoms with Gasteiger partial charge in [0.2, 0.25) is 0 Å². The molecule has 8 aliphatic rings. The Morgan fingerprint density at radius 3 is 1.55 bits per heavy atom. The highest BCUT2D eigenvalue weighted by molar-refractivity contribution is 5.75. The second-order valence-corrected chi connectivity index (χ2v) is 9.14. The molecule has 12 atom stereocenters. The number of nitrogens with two attached hydrogens (primary N) is 1. The van der Waals surface area contributed by atoms with Crippen molar-refractivity contribution in [2.24, 2.45) is 76.7 Å². The lowest BCUT2D eigenvalue weighted by Gasteiger charge is -2.59. The van der Waals surface area contributed by atoms with Crippen molar-refractivity contribution in [2.75, 3.05) is 13.1 Å². The molecule has 1 heterocycles. The molecule has 0 unspecified atom stereocenters. The quantitative estimate of drug-likeness (QED) is 0.516. The van der Waals surface area contributed by atoms with Crippen LogP contribution in [-0.4, -0.2) is 23.9 Å². The molecule has 0 spiro atoms. The van der Waals surface area contributed by atoms with Crippen molar-refractivity contribution >= 4 is 5.96 Å². The highest BCUT2D eigenvalue weighted by Gasteiger charge is 2.85. The van der Waals surface area contributed by atoms with Gasteiger partial charge in [0, 0.05) is 13.1 Å². The van der Waals surface area contributed by atoms with Gasteiger partial charge in [0.25, 0.3) is 0 Å². The minimum Gasteiger partial charge on any atom is -0.370 e. The van der Waals surface area contributed by atoms with Gasteiger partial charge in [0.05, 0.1) is 0 Å². The normalized spacial score (nSPS) is 72.5. The van der Waals surface area contributed by atoms with Gasteiger partial charge in [-0.2, -0.15) is 0 Å². The molecular weight excluding hydrogens is 246 g/mol. The molecule has 0 radical (unpaired) electrons. The molecule has 0 amide bonds. The summed E-state index contributed by atoms with van der Waals surface area (Å²) in [6.45, 7) is 2.25. The number of hydrogen-bond donors (Lipinski definition) is 2. The summed E-state index contributed by atoms with van der Waals surface area (Å²) < 4.78 is 0. The van der Waals surface area contributed by atoms with Gasteiger partial charge in [-0.05, 0) is 83.9 Å². The van der Waals surface area contributed by atoms with E-state index >= 15 is 0 Å². The second-order valence-electron chi connectivity index (χ2n) is 9.14. The summed E-state index contributed by atoms with van der Waals surface area (Å²) >= 11 is 0. The first-order valence-electron chi connectivity index (χ1n) is 8.86. The first-order chi connectivity index (χ1) is 9.77. The van der Waals surface area contributed by atoms with E-state index in [0.717, 1.165) is 72.3 Å². The lowest BCUT2D eigenvalue weighted by atomic mass is 9.44. The first kappa shape index (κ1) is 10.1. The van der Waals surface area contributed by atoms with Crippen molar-refractivity contribution in [1.29, 1.82) is 5.41 Å². The minimum absolute atomic E-state index is 0.341. The fourth-order valence-electron chi connectivity index (χ4n) is 9.89. The van der Waals surface area contributed by atoms with Gasteiger partial charge in [-0.1, -0.05) is 0 Å². The van der Waals surface area contributed by atoms with Crippen LogP contribution >= 0.6 is 0 Å². The molecular formula is C17H23N3. The smallest absolute Gasteiger partial charge is 0.188 e. The third-order valence-electron chi connectivity index (χ3n) is 9.55. The zero-order valence-electron chi connectivity index (χ0n) is 11.8. The maximum atomic E-state index is 7.83. The SMILES string of the molecule is N=C(N)N1C[C@@H]2[C@H](C1)[C@@H]1[C@@H]3[C@H]4CC[C@H]5[C@@H]3[C@H]2[C@H]2[C@@H]5[C@H]4[C@H]12. The third kappa shape index (κ3) is 0.710. The Morgan fingerprint density at radius 1 is 0.700 bits per heavy atom. The molecule has 3 heteroatoms. The summed E-state index contributed by atoms with van der Waals surface area (Å²) in [7, 11) is 0. The summed E-state index contributed by atoms with van der Waals surface area (Å²) in [4.78, 5) is 2.21.